The maximum absolute atomic E-state index is 12.8. The summed E-state index contributed by atoms with van der Waals surface area (Å²) < 4.78 is 0. The number of benzene rings is 2. The van der Waals surface area contributed by atoms with Crippen LogP contribution in [0.2, 0.25) is 0 Å². The Morgan fingerprint density at radius 1 is 0.966 bits per heavy atom. The fourth-order valence-electron chi connectivity index (χ4n) is 3.88. The SMILES string of the molecule is CCN(C(=O)c1ccc(NC(=O)[C@H]2CCCC[C@@H]2C(=O)O)cc1)c1ccccc1. The second kappa shape index (κ2) is 9.37. The number of rotatable bonds is 6. The van der Waals surface area contributed by atoms with Gasteiger partial charge in [0.1, 0.15) is 0 Å². The lowest BCUT2D eigenvalue weighted by atomic mass is 9.78. The summed E-state index contributed by atoms with van der Waals surface area (Å²) in [5.74, 6) is -2.44. The predicted molar refractivity (Wildman–Crippen MR) is 112 cm³/mol. The topological polar surface area (TPSA) is 86.7 Å². The fourth-order valence-corrected chi connectivity index (χ4v) is 3.88. The molecule has 2 atom stereocenters. The van der Waals surface area contributed by atoms with E-state index in [2.05, 4.69) is 5.32 Å². The molecule has 1 fully saturated rings. The quantitative estimate of drug-likeness (QED) is 0.769. The standard InChI is InChI=1S/C23H26N2O4/c1-2-25(18-8-4-3-5-9-18)22(27)16-12-14-17(15-13-16)24-21(26)19-10-6-7-11-20(19)23(28)29/h3-5,8-9,12-15,19-20H,2,6-7,10-11H2,1H3,(H,24,26)(H,28,29)/t19-,20-/m0/s1. The van der Waals surface area contributed by atoms with E-state index in [-0.39, 0.29) is 11.8 Å². The molecule has 6 nitrogen and oxygen atoms in total. The number of nitrogens with zero attached hydrogens (tertiary/aromatic N) is 1. The lowest BCUT2D eigenvalue weighted by Crippen LogP contribution is -2.36. The minimum Gasteiger partial charge on any atom is -0.481 e. The highest BCUT2D eigenvalue weighted by molar-refractivity contribution is 6.06. The Morgan fingerprint density at radius 3 is 2.17 bits per heavy atom. The fraction of sp³-hybridized carbons (Fsp3) is 0.348. The van der Waals surface area contributed by atoms with E-state index in [9.17, 15) is 19.5 Å². The third kappa shape index (κ3) is 4.83. The zero-order chi connectivity index (χ0) is 20.8. The number of anilines is 2. The van der Waals surface area contributed by atoms with Crippen molar-refractivity contribution < 1.29 is 19.5 Å². The largest absolute Gasteiger partial charge is 0.481 e. The minimum atomic E-state index is -0.911. The molecule has 3 rings (SSSR count). The monoisotopic (exact) mass is 394 g/mol. The molecule has 0 aromatic heterocycles. The normalized spacial score (nSPS) is 18.7. The van der Waals surface area contributed by atoms with Gasteiger partial charge in [-0.25, -0.2) is 0 Å². The summed E-state index contributed by atoms with van der Waals surface area (Å²) in [5.41, 5.74) is 1.91. The van der Waals surface area contributed by atoms with E-state index >= 15 is 0 Å². The summed E-state index contributed by atoms with van der Waals surface area (Å²) >= 11 is 0. The molecule has 0 saturated heterocycles. The summed E-state index contributed by atoms with van der Waals surface area (Å²) in [6.07, 6.45) is 2.82. The van der Waals surface area contributed by atoms with Crippen molar-refractivity contribution in [1.82, 2.24) is 0 Å². The van der Waals surface area contributed by atoms with Crippen LogP contribution in [0.3, 0.4) is 0 Å². The number of carbonyl (C=O) groups is 3. The second-order valence-corrected chi connectivity index (χ2v) is 7.29. The van der Waals surface area contributed by atoms with E-state index in [1.165, 1.54) is 0 Å². The third-order valence-corrected chi connectivity index (χ3v) is 5.45. The number of carbonyl (C=O) groups excluding carboxylic acids is 2. The number of nitrogens with one attached hydrogen (secondary N) is 1. The maximum atomic E-state index is 12.8. The third-order valence-electron chi connectivity index (χ3n) is 5.45. The van der Waals surface area contributed by atoms with Crippen LogP contribution in [-0.4, -0.2) is 29.4 Å². The van der Waals surface area contributed by atoms with Gasteiger partial charge in [-0.1, -0.05) is 31.0 Å². The molecule has 0 heterocycles. The van der Waals surface area contributed by atoms with Crippen LogP contribution < -0.4 is 10.2 Å². The lowest BCUT2D eigenvalue weighted by molar-refractivity contribution is -0.147. The predicted octanol–water partition coefficient (Wildman–Crippen LogP) is 4.18. The van der Waals surface area contributed by atoms with Gasteiger partial charge in [-0.3, -0.25) is 14.4 Å². The summed E-state index contributed by atoms with van der Waals surface area (Å²) in [6.45, 7) is 2.46. The van der Waals surface area contributed by atoms with Crippen molar-refractivity contribution in [3.8, 4) is 0 Å². The first-order chi connectivity index (χ1) is 14.0. The number of aliphatic carboxylic acids is 1. The van der Waals surface area contributed by atoms with Crippen molar-refractivity contribution in [3.05, 3.63) is 60.2 Å². The molecule has 0 spiro atoms. The van der Waals surface area contributed by atoms with Crippen molar-refractivity contribution in [3.63, 3.8) is 0 Å². The van der Waals surface area contributed by atoms with Gasteiger partial charge in [-0.05, 0) is 56.2 Å². The van der Waals surface area contributed by atoms with Gasteiger partial charge in [0.25, 0.3) is 5.91 Å². The van der Waals surface area contributed by atoms with Crippen LogP contribution in [0.25, 0.3) is 0 Å². The highest BCUT2D eigenvalue weighted by atomic mass is 16.4. The average Bonchev–Trinajstić information content (AvgIpc) is 2.75. The average molecular weight is 394 g/mol. The second-order valence-electron chi connectivity index (χ2n) is 7.29. The van der Waals surface area contributed by atoms with Crippen molar-refractivity contribution in [2.75, 3.05) is 16.8 Å². The first kappa shape index (κ1) is 20.6. The minimum absolute atomic E-state index is 0.116. The van der Waals surface area contributed by atoms with E-state index in [0.717, 1.165) is 18.5 Å². The molecule has 2 amide bonds. The number of amides is 2. The lowest BCUT2D eigenvalue weighted by Gasteiger charge is -2.27. The van der Waals surface area contributed by atoms with E-state index in [4.69, 9.17) is 0 Å². The molecule has 1 aliphatic carbocycles. The Morgan fingerprint density at radius 2 is 1.59 bits per heavy atom. The summed E-state index contributed by atoms with van der Waals surface area (Å²) in [6, 6.07) is 16.2. The van der Waals surface area contributed by atoms with Gasteiger partial charge in [0, 0.05) is 23.5 Å². The molecule has 2 aromatic rings. The Hall–Kier alpha value is -3.15. The molecule has 2 aromatic carbocycles. The van der Waals surface area contributed by atoms with Gasteiger partial charge in [0.05, 0.1) is 11.8 Å². The Balaban J connectivity index is 1.69. The molecule has 1 saturated carbocycles. The van der Waals surface area contributed by atoms with Gasteiger partial charge >= 0.3 is 5.97 Å². The van der Waals surface area contributed by atoms with Gasteiger partial charge in [0.2, 0.25) is 5.91 Å². The molecule has 1 aliphatic rings. The Labute approximate surface area is 170 Å². The van der Waals surface area contributed by atoms with Crippen LogP contribution in [0.1, 0.15) is 43.0 Å². The zero-order valence-corrected chi connectivity index (χ0v) is 16.5. The summed E-state index contributed by atoms with van der Waals surface area (Å²) in [5, 5.41) is 12.2. The molecular formula is C23H26N2O4. The molecule has 0 bridgehead atoms. The van der Waals surface area contributed by atoms with Crippen LogP contribution in [0.15, 0.2) is 54.6 Å². The molecule has 152 valence electrons. The van der Waals surface area contributed by atoms with E-state index in [0.29, 0.717) is 30.6 Å². The number of hydrogen-bond acceptors (Lipinski definition) is 3. The van der Waals surface area contributed by atoms with Crippen LogP contribution in [-0.2, 0) is 9.59 Å². The number of para-hydroxylation sites is 1. The van der Waals surface area contributed by atoms with Gasteiger partial charge < -0.3 is 15.3 Å². The molecule has 29 heavy (non-hydrogen) atoms. The highest BCUT2D eigenvalue weighted by Gasteiger charge is 2.35. The number of hydrogen-bond donors (Lipinski definition) is 2. The molecular weight excluding hydrogens is 368 g/mol. The van der Waals surface area contributed by atoms with Crippen LogP contribution in [0, 0.1) is 11.8 Å². The molecule has 0 radical (unpaired) electrons. The highest BCUT2D eigenvalue weighted by Crippen LogP contribution is 2.31. The Bertz CT molecular complexity index is 864. The van der Waals surface area contributed by atoms with Crippen molar-refractivity contribution in [2.45, 2.75) is 32.6 Å². The smallest absolute Gasteiger partial charge is 0.307 e. The van der Waals surface area contributed by atoms with Gasteiger partial charge in [0.15, 0.2) is 0 Å². The molecule has 6 heteroatoms. The summed E-state index contributed by atoms with van der Waals surface area (Å²) in [4.78, 5) is 38.6. The molecule has 0 aliphatic heterocycles. The first-order valence-corrected chi connectivity index (χ1v) is 10.0. The van der Waals surface area contributed by atoms with E-state index < -0.39 is 17.8 Å². The Kier molecular flexibility index (Phi) is 6.65. The van der Waals surface area contributed by atoms with Gasteiger partial charge in [-0.2, -0.15) is 0 Å². The van der Waals surface area contributed by atoms with Crippen molar-refractivity contribution in [2.24, 2.45) is 11.8 Å². The first-order valence-electron chi connectivity index (χ1n) is 10.0. The van der Waals surface area contributed by atoms with Crippen molar-refractivity contribution >= 4 is 29.2 Å². The molecule has 2 N–H and O–H groups in total. The van der Waals surface area contributed by atoms with E-state index in [1.807, 2.05) is 37.3 Å². The van der Waals surface area contributed by atoms with Crippen LogP contribution in [0.4, 0.5) is 11.4 Å². The van der Waals surface area contributed by atoms with Crippen molar-refractivity contribution in [1.29, 1.82) is 0 Å². The zero-order valence-electron chi connectivity index (χ0n) is 16.5. The van der Waals surface area contributed by atoms with E-state index in [1.54, 1.807) is 29.2 Å². The van der Waals surface area contributed by atoms with Gasteiger partial charge in [-0.15, -0.1) is 0 Å². The number of carboxylic acid groups (broad SMARTS) is 1. The molecule has 0 unspecified atom stereocenters. The maximum Gasteiger partial charge on any atom is 0.307 e. The summed E-state index contributed by atoms with van der Waals surface area (Å²) in [7, 11) is 0. The van der Waals surface area contributed by atoms with Crippen LogP contribution in [0.5, 0.6) is 0 Å². The number of carboxylic acids is 1. The van der Waals surface area contributed by atoms with Crippen LogP contribution >= 0.6 is 0 Å².